The minimum atomic E-state index is -3.70. The van der Waals surface area contributed by atoms with Gasteiger partial charge in [-0.3, -0.25) is 9.52 Å². The molecular formula is C30H27N3O4S. The van der Waals surface area contributed by atoms with Gasteiger partial charge in [0.15, 0.2) is 0 Å². The van der Waals surface area contributed by atoms with E-state index in [1.807, 2.05) is 73.7 Å². The Morgan fingerprint density at radius 3 is 2.26 bits per heavy atom. The predicted octanol–water partition coefficient (Wildman–Crippen LogP) is 6.29. The molecule has 1 aliphatic rings. The second kappa shape index (κ2) is 10.5. The van der Waals surface area contributed by atoms with Crippen LogP contribution in [0, 0.1) is 6.92 Å². The molecule has 1 unspecified atom stereocenters. The largest absolute Gasteiger partial charge is 0.457 e. The summed E-state index contributed by atoms with van der Waals surface area (Å²) in [6.07, 6.45) is 0.517. The molecular weight excluding hydrogens is 498 g/mol. The van der Waals surface area contributed by atoms with Crippen LogP contribution in [0.3, 0.4) is 0 Å². The average Bonchev–Trinajstić information content (AvgIpc) is 3.36. The molecule has 38 heavy (non-hydrogen) atoms. The third-order valence-corrected chi connectivity index (χ3v) is 7.65. The van der Waals surface area contributed by atoms with Crippen LogP contribution in [0.15, 0.2) is 113 Å². The number of para-hydroxylation sites is 1. The number of anilines is 1. The van der Waals surface area contributed by atoms with Gasteiger partial charge >= 0.3 is 0 Å². The van der Waals surface area contributed by atoms with E-state index < -0.39 is 10.0 Å². The highest BCUT2D eigenvalue weighted by Gasteiger charge is 2.31. The maximum Gasteiger partial charge on any atom is 0.261 e. The van der Waals surface area contributed by atoms with Crippen LogP contribution in [-0.2, 0) is 14.8 Å². The van der Waals surface area contributed by atoms with Crippen LogP contribution in [0.2, 0.25) is 0 Å². The number of benzene rings is 4. The molecule has 0 saturated carbocycles. The summed E-state index contributed by atoms with van der Waals surface area (Å²) in [7, 11) is -3.70. The number of hydrogen-bond acceptors (Lipinski definition) is 5. The summed E-state index contributed by atoms with van der Waals surface area (Å²) >= 11 is 0. The number of hydrogen-bond donors (Lipinski definition) is 1. The Bertz CT molecular complexity index is 1580. The van der Waals surface area contributed by atoms with E-state index in [4.69, 9.17) is 4.74 Å². The number of sulfonamides is 1. The zero-order valence-corrected chi connectivity index (χ0v) is 21.9. The van der Waals surface area contributed by atoms with E-state index in [9.17, 15) is 13.2 Å². The molecule has 1 atom stereocenters. The first-order valence-corrected chi connectivity index (χ1v) is 13.7. The van der Waals surface area contributed by atoms with Gasteiger partial charge in [0.05, 0.1) is 16.6 Å². The molecule has 0 bridgehead atoms. The van der Waals surface area contributed by atoms with Crippen LogP contribution in [0.5, 0.6) is 11.5 Å². The molecule has 4 aromatic carbocycles. The first-order chi connectivity index (χ1) is 18.3. The normalized spacial score (nSPS) is 15.2. The van der Waals surface area contributed by atoms with Crippen molar-refractivity contribution < 1.29 is 17.9 Å². The molecule has 0 fully saturated rings. The highest BCUT2D eigenvalue weighted by atomic mass is 32.2. The highest BCUT2D eigenvalue weighted by molar-refractivity contribution is 7.92. The van der Waals surface area contributed by atoms with Crippen LogP contribution in [0.4, 0.5) is 5.69 Å². The van der Waals surface area contributed by atoms with Crippen LogP contribution in [0.25, 0.3) is 0 Å². The summed E-state index contributed by atoms with van der Waals surface area (Å²) in [5.41, 5.74) is 3.90. The number of carbonyl (C=O) groups is 1. The van der Waals surface area contributed by atoms with Gasteiger partial charge in [0.2, 0.25) is 5.91 Å². The molecule has 7 nitrogen and oxygen atoms in total. The lowest BCUT2D eigenvalue weighted by molar-refractivity contribution is -0.130. The summed E-state index contributed by atoms with van der Waals surface area (Å²) in [5.74, 6) is 1.24. The smallest absolute Gasteiger partial charge is 0.261 e. The average molecular weight is 526 g/mol. The van der Waals surface area contributed by atoms with Gasteiger partial charge in [0, 0.05) is 19.0 Å². The fourth-order valence-electron chi connectivity index (χ4n) is 4.31. The maximum atomic E-state index is 12.7. The van der Waals surface area contributed by atoms with Gasteiger partial charge in [0.25, 0.3) is 10.0 Å². The molecule has 1 heterocycles. The number of nitrogens with one attached hydrogen (secondary N) is 1. The van der Waals surface area contributed by atoms with Crippen molar-refractivity contribution in [2.75, 3.05) is 4.72 Å². The highest BCUT2D eigenvalue weighted by Crippen LogP contribution is 2.35. The molecule has 0 spiro atoms. The van der Waals surface area contributed by atoms with E-state index in [1.165, 1.54) is 11.9 Å². The Hall–Kier alpha value is -4.43. The third-order valence-electron chi connectivity index (χ3n) is 6.26. The lowest BCUT2D eigenvalue weighted by Gasteiger charge is -2.21. The van der Waals surface area contributed by atoms with Gasteiger partial charge in [-0.05, 0) is 66.6 Å². The van der Waals surface area contributed by atoms with Gasteiger partial charge in [-0.15, -0.1) is 0 Å². The minimum absolute atomic E-state index is 0.165. The summed E-state index contributed by atoms with van der Waals surface area (Å²) in [6, 6.07) is 30.6. The van der Waals surface area contributed by atoms with Gasteiger partial charge in [-0.25, -0.2) is 13.4 Å². The second-order valence-corrected chi connectivity index (χ2v) is 10.8. The van der Waals surface area contributed by atoms with Crippen molar-refractivity contribution >= 4 is 27.3 Å². The number of aryl methyl sites for hydroxylation is 1. The molecule has 192 valence electrons. The zero-order chi connectivity index (χ0) is 26.7. The van der Waals surface area contributed by atoms with Crippen molar-refractivity contribution in [1.29, 1.82) is 0 Å². The SMILES string of the molecule is CC(=O)N1N=C(c2ccc(NS(=O)(=O)c3ccc(C)cc3)cc2)CC1c1cccc(Oc2ccccc2)c1. The summed E-state index contributed by atoms with van der Waals surface area (Å²) in [4.78, 5) is 12.7. The van der Waals surface area contributed by atoms with Crippen molar-refractivity contribution in [2.45, 2.75) is 31.2 Å². The molecule has 1 N–H and O–H groups in total. The third kappa shape index (κ3) is 5.60. The fourth-order valence-corrected chi connectivity index (χ4v) is 5.37. The molecule has 8 heteroatoms. The van der Waals surface area contributed by atoms with Crippen molar-refractivity contribution in [3.63, 3.8) is 0 Å². The van der Waals surface area contributed by atoms with E-state index in [1.54, 1.807) is 36.4 Å². The lowest BCUT2D eigenvalue weighted by Crippen LogP contribution is -2.24. The van der Waals surface area contributed by atoms with E-state index >= 15 is 0 Å². The van der Waals surface area contributed by atoms with Crippen molar-refractivity contribution in [3.05, 3.63) is 120 Å². The molecule has 0 aromatic heterocycles. The summed E-state index contributed by atoms with van der Waals surface area (Å²) in [5, 5.41) is 6.10. The Morgan fingerprint density at radius 2 is 1.58 bits per heavy atom. The molecule has 0 aliphatic carbocycles. The quantitative estimate of drug-likeness (QED) is 0.307. The summed E-state index contributed by atoms with van der Waals surface area (Å²) in [6.45, 7) is 3.40. The topological polar surface area (TPSA) is 88.1 Å². The van der Waals surface area contributed by atoms with E-state index in [2.05, 4.69) is 9.82 Å². The van der Waals surface area contributed by atoms with E-state index in [-0.39, 0.29) is 16.8 Å². The predicted molar refractivity (Wildman–Crippen MR) is 148 cm³/mol. The number of rotatable bonds is 7. The van der Waals surface area contributed by atoms with Crippen LogP contribution < -0.4 is 9.46 Å². The standard InChI is InChI=1S/C30H27N3O4S/c1-21-11-17-28(18-12-21)38(35,36)32-25-15-13-23(14-16-25)29-20-30(33(31-29)22(2)34)24-7-6-10-27(19-24)37-26-8-4-3-5-9-26/h3-19,30,32H,20H2,1-2H3. The Kier molecular flexibility index (Phi) is 6.98. The Balaban J connectivity index is 1.33. The van der Waals surface area contributed by atoms with Crippen LogP contribution in [-0.4, -0.2) is 25.0 Å². The number of carbonyl (C=O) groups excluding carboxylic acids is 1. The second-order valence-electron chi connectivity index (χ2n) is 9.11. The minimum Gasteiger partial charge on any atom is -0.457 e. The molecule has 4 aromatic rings. The Morgan fingerprint density at radius 1 is 0.895 bits per heavy atom. The monoisotopic (exact) mass is 525 g/mol. The number of ether oxygens (including phenoxy) is 1. The van der Waals surface area contributed by atoms with Crippen molar-refractivity contribution in [3.8, 4) is 11.5 Å². The number of amides is 1. The fraction of sp³-hybridized carbons (Fsp3) is 0.133. The van der Waals surface area contributed by atoms with Gasteiger partial charge in [0.1, 0.15) is 11.5 Å². The Labute approximate surface area is 222 Å². The van der Waals surface area contributed by atoms with Gasteiger partial charge in [-0.1, -0.05) is 60.2 Å². The van der Waals surface area contributed by atoms with E-state index in [0.717, 1.165) is 28.2 Å². The molecule has 0 radical (unpaired) electrons. The summed E-state index contributed by atoms with van der Waals surface area (Å²) < 4.78 is 34.0. The van der Waals surface area contributed by atoms with Crippen LogP contribution in [0.1, 0.15) is 36.1 Å². The number of hydrazone groups is 1. The molecule has 0 saturated heterocycles. The van der Waals surface area contributed by atoms with E-state index in [0.29, 0.717) is 17.9 Å². The maximum absolute atomic E-state index is 12.7. The first-order valence-electron chi connectivity index (χ1n) is 12.2. The molecule has 5 rings (SSSR count). The van der Waals surface area contributed by atoms with Gasteiger partial charge < -0.3 is 4.74 Å². The van der Waals surface area contributed by atoms with Crippen molar-refractivity contribution in [2.24, 2.45) is 5.10 Å². The first kappa shape index (κ1) is 25.2. The lowest BCUT2D eigenvalue weighted by atomic mass is 9.98. The van der Waals surface area contributed by atoms with Crippen LogP contribution >= 0.6 is 0 Å². The zero-order valence-electron chi connectivity index (χ0n) is 21.0. The van der Waals surface area contributed by atoms with Crippen molar-refractivity contribution in [1.82, 2.24) is 5.01 Å². The number of nitrogens with zero attached hydrogens (tertiary/aromatic N) is 2. The van der Waals surface area contributed by atoms with Gasteiger partial charge in [-0.2, -0.15) is 5.10 Å². The molecule has 1 aliphatic heterocycles. The molecule has 1 amide bonds.